The average molecular weight is 463 g/mol. The molecule has 0 spiro atoms. The number of anilines is 1. The van der Waals surface area contributed by atoms with E-state index in [1.807, 2.05) is 9.80 Å². The summed E-state index contributed by atoms with van der Waals surface area (Å²) in [7, 11) is 0. The number of piperazine rings is 1. The van der Waals surface area contributed by atoms with E-state index in [0.717, 1.165) is 6.42 Å². The van der Waals surface area contributed by atoms with Crippen LogP contribution in [0.1, 0.15) is 26.2 Å². The number of nitrogens with zero attached hydrogens (tertiary/aromatic N) is 2. The van der Waals surface area contributed by atoms with Crippen molar-refractivity contribution in [3.8, 4) is 0 Å². The Bertz CT molecular complexity index is 880. The molecule has 3 unspecified atom stereocenters. The molecule has 1 aromatic rings. The van der Waals surface area contributed by atoms with Gasteiger partial charge in [-0.2, -0.15) is 13.2 Å². The second-order valence-corrected chi connectivity index (χ2v) is 9.00. The normalized spacial score (nSPS) is 26.0. The predicted molar refractivity (Wildman–Crippen MR) is 106 cm³/mol. The molecular formula is C20H23ClF4N4O2. The summed E-state index contributed by atoms with van der Waals surface area (Å²) in [5, 5.41) is 4.79. The topological polar surface area (TPSA) is 64.7 Å². The Balaban J connectivity index is 1.28. The van der Waals surface area contributed by atoms with Gasteiger partial charge < -0.3 is 10.6 Å². The highest BCUT2D eigenvalue weighted by atomic mass is 35.5. The molecule has 3 aliphatic heterocycles. The fourth-order valence-electron chi connectivity index (χ4n) is 4.36. The van der Waals surface area contributed by atoms with Gasteiger partial charge in [-0.1, -0.05) is 11.6 Å². The monoisotopic (exact) mass is 462 g/mol. The van der Waals surface area contributed by atoms with Crippen LogP contribution in [-0.4, -0.2) is 71.1 Å². The van der Waals surface area contributed by atoms with E-state index in [4.69, 9.17) is 11.6 Å². The largest absolute Gasteiger partial charge is 0.411 e. The summed E-state index contributed by atoms with van der Waals surface area (Å²) >= 11 is 5.74. The van der Waals surface area contributed by atoms with Crippen molar-refractivity contribution < 1.29 is 27.2 Å². The molecule has 5 rings (SSSR count). The van der Waals surface area contributed by atoms with Gasteiger partial charge in [0.2, 0.25) is 11.8 Å². The van der Waals surface area contributed by atoms with Crippen molar-refractivity contribution >= 4 is 29.1 Å². The zero-order valence-corrected chi connectivity index (χ0v) is 17.6. The molecule has 2 N–H and O–H groups in total. The number of carbonyl (C=O) groups excluding carboxylic acids is 2. The van der Waals surface area contributed by atoms with E-state index in [-0.39, 0.29) is 42.4 Å². The number of rotatable bonds is 6. The Kier molecular flexibility index (Phi) is 5.68. The van der Waals surface area contributed by atoms with E-state index in [1.165, 1.54) is 18.2 Å². The molecular weight excluding hydrogens is 440 g/mol. The van der Waals surface area contributed by atoms with Gasteiger partial charge in [0.05, 0.1) is 17.6 Å². The number of fused-ring (bicyclic) bond motifs is 2. The van der Waals surface area contributed by atoms with Crippen molar-refractivity contribution in [3.63, 3.8) is 0 Å². The molecule has 1 saturated carbocycles. The minimum Gasteiger partial charge on any atom is -0.341 e. The van der Waals surface area contributed by atoms with Crippen LogP contribution >= 0.6 is 11.6 Å². The standard InChI is InChI=1S/C20H23ClF4N4O2/c1-11(18(31)26-12-2-3-16(22)15(21)6-12)28-8-13-7-14(9-28)29(13)10-17(30)27-19(4-5-19)20(23,24)25/h2-3,6,11,13-14H,4-5,7-10H2,1H3,(H,26,31)(H,27,30). The Morgan fingerprint density at radius 1 is 1.26 bits per heavy atom. The van der Waals surface area contributed by atoms with Crippen molar-refractivity contribution in [2.24, 2.45) is 0 Å². The number of alkyl halides is 3. The van der Waals surface area contributed by atoms with E-state index in [1.54, 1.807) is 6.92 Å². The summed E-state index contributed by atoms with van der Waals surface area (Å²) in [6.07, 6.45) is -3.73. The maximum atomic E-state index is 13.3. The lowest BCUT2D eigenvalue weighted by Gasteiger charge is -2.57. The quantitative estimate of drug-likeness (QED) is 0.638. The number of benzene rings is 1. The van der Waals surface area contributed by atoms with Crippen LogP contribution in [-0.2, 0) is 9.59 Å². The van der Waals surface area contributed by atoms with Gasteiger partial charge in [0.15, 0.2) is 0 Å². The minimum absolute atomic E-state index is 0.0149. The van der Waals surface area contributed by atoms with Crippen LogP contribution in [0.3, 0.4) is 0 Å². The molecule has 3 atom stereocenters. The fraction of sp³-hybridized carbons (Fsp3) is 0.600. The van der Waals surface area contributed by atoms with Crippen molar-refractivity contribution in [2.45, 2.75) is 56.0 Å². The predicted octanol–water partition coefficient (Wildman–Crippen LogP) is 2.78. The molecule has 2 bridgehead atoms. The molecule has 170 valence electrons. The van der Waals surface area contributed by atoms with Crippen molar-refractivity contribution in [1.82, 2.24) is 15.1 Å². The van der Waals surface area contributed by atoms with Gasteiger partial charge in [-0.15, -0.1) is 0 Å². The molecule has 4 aliphatic rings. The minimum atomic E-state index is -4.43. The number of amides is 2. The highest BCUT2D eigenvalue weighted by Crippen LogP contribution is 2.49. The second-order valence-electron chi connectivity index (χ2n) is 8.59. The van der Waals surface area contributed by atoms with Gasteiger partial charge in [-0.3, -0.25) is 19.4 Å². The van der Waals surface area contributed by atoms with E-state index < -0.39 is 29.5 Å². The first-order valence-corrected chi connectivity index (χ1v) is 10.5. The maximum Gasteiger partial charge on any atom is 0.411 e. The van der Waals surface area contributed by atoms with Crippen LogP contribution in [0.4, 0.5) is 23.2 Å². The van der Waals surface area contributed by atoms with Gasteiger partial charge >= 0.3 is 6.18 Å². The SMILES string of the molecule is CC(C(=O)Nc1ccc(F)c(Cl)c1)N1CC2CC(C1)N2CC(=O)NC1(C(F)(F)F)CC1. The van der Waals surface area contributed by atoms with Crippen molar-refractivity contribution in [2.75, 3.05) is 25.0 Å². The van der Waals surface area contributed by atoms with E-state index in [2.05, 4.69) is 10.6 Å². The average Bonchev–Trinajstić information content (AvgIpc) is 3.49. The molecule has 6 nitrogen and oxygen atoms in total. The molecule has 31 heavy (non-hydrogen) atoms. The smallest absolute Gasteiger partial charge is 0.341 e. The molecule has 1 aromatic carbocycles. The molecule has 3 heterocycles. The third-order valence-corrected chi connectivity index (χ3v) is 6.77. The highest BCUT2D eigenvalue weighted by molar-refractivity contribution is 6.31. The summed E-state index contributed by atoms with van der Waals surface area (Å²) < 4.78 is 52.4. The number of nitrogens with one attached hydrogen (secondary N) is 2. The molecule has 4 fully saturated rings. The Morgan fingerprint density at radius 2 is 1.90 bits per heavy atom. The maximum absolute atomic E-state index is 13.3. The van der Waals surface area contributed by atoms with E-state index in [9.17, 15) is 27.2 Å². The van der Waals surface area contributed by atoms with Crippen LogP contribution in [0.25, 0.3) is 0 Å². The lowest BCUT2D eigenvalue weighted by molar-refractivity contribution is -0.172. The third kappa shape index (κ3) is 4.38. The van der Waals surface area contributed by atoms with Gasteiger partial charge in [0.25, 0.3) is 0 Å². The lowest BCUT2D eigenvalue weighted by atomic mass is 9.86. The first kappa shape index (κ1) is 22.3. The van der Waals surface area contributed by atoms with Gasteiger partial charge in [-0.25, -0.2) is 4.39 Å². The second kappa shape index (κ2) is 7.90. The van der Waals surface area contributed by atoms with Crippen LogP contribution in [0.2, 0.25) is 5.02 Å². The van der Waals surface area contributed by atoms with Gasteiger partial charge in [0.1, 0.15) is 11.4 Å². The Labute approximate surface area is 181 Å². The highest BCUT2D eigenvalue weighted by Gasteiger charge is 2.64. The van der Waals surface area contributed by atoms with Gasteiger partial charge in [-0.05, 0) is 44.4 Å². The number of hydrogen-bond donors (Lipinski definition) is 2. The zero-order valence-electron chi connectivity index (χ0n) is 16.8. The van der Waals surface area contributed by atoms with Crippen LogP contribution in [0.15, 0.2) is 18.2 Å². The Hall–Kier alpha value is -1.91. The molecule has 2 amide bonds. The molecule has 0 radical (unpaired) electrons. The molecule has 3 saturated heterocycles. The van der Waals surface area contributed by atoms with Crippen LogP contribution in [0, 0.1) is 5.82 Å². The number of carbonyl (C=O) groups is 2. The molecule has 0 aromatic heterocycles. The summed E-state index contributed by atoms with van der Waals surface area (Å²) in [5.41, 5.74) is -1.66. The summed E-state index contributed by atoms with van der Waals surface area (Å²) in [6.45, 7) is 2.75. The third-order valence-electron chi connectivity index (χ3n) is 6.48. The van der Waals surface area contributed by atoms with Gasteiger partial charge in [0, 0.05) is 30.9 Å². The molecule has 11 heteroatoms. The fourth-order valence-corrected chi connectivity index (χ4v) is 4.54. The molecule has 1 aliphatic carbocycles. The van der Waals surface area contributed by atoms with Crippen LogP contribution < -0.4 is 10.6 Å². The first-order chi connectivity index (χ1) is 14.5. The summed E-state index contributed by atoms with van der Waals surface area (Å²) in [4.78, 5) is 28.6. The first-order valence-electron chi connectivity index (χ1n) is 10.1. The Morgan fingerprint density at radius 3 is 2.45 bits per heavy atom. The van der Waals surface area contributed by atoms with E-state index in [0.29, 0.717) is 18.8 Å². The van der Waals surface area contributed by atoms with Crippen molar-refractivity contribution in [1.29, 1.82) is 0 Å². The summed E-state index contributed by atoms with van der Waals surface area (Å²) in [6, 6.07) is 3.50. The number of piperidine rings is 1. The van der Waals surface area contributed by atoms with E-state index >= 15 is 0 Å². The zero-order chi connectivity index (χ0) is 22.6. The number of hydrogen-bond acceptors (Lipinski definition) is 4. The summed E-state index contributed by atoms with van der Waals surface area (Å²) in [5.74, 6) is -1.46. The van der Waals surface area contributed by atoms with Crippen molar-refractivity contribution in [3.05, 3.63) is 29.0 Å². The van der Waals surface area contributed by atoms with Crippen LogP contribution in [0.5, 0.6) is 0 Å². The lowest BCUT2D eigenvalue weighted by Crippen LogP contribution is -2.71. The number of halogens is 5.